The van der Waals surface area contributed by atoms with E-state index in [1.54, 1.807) is 12.1 Å². The van der Waals surface area contributed by atoms with Crippen LogP contribution in [0.2, 0.25) is 0 Å². The Morgan fingerprint density at radius 2 is 2.32 bits per heavy atom. The predicted octanol–water partition coefficient (Wildman–Crippen LogP) is 3.01. The van der Waals surface area contributed by atoms with Crippen LogP contribution in [0.5, 0.6) is 0 Å². The van der Waals surface area contributed by atoms with Crippen LogP contribution in [0.1, 0.15) is 23.2 Å². The number of benzene rings is 1. The Morgan fingerprint density at radius 3 is 2.95 bits per heavy atom. The van der Waals surface area contributed by atoms with E-state index in [0.717, 1.165) is 36.3 Å². The fourth-order valence-corrected chi connectivity index (χ4v) is 2.84. The van der Waals surface area contributed by atoms with Crippen molar-refractivity contribution in [2.75, 3.05) is 31.7 Å². The normalized spacial score (nSPS) is 19.2. The molecule has 1 saturated heterocycles. The molecular formula is C14H18BrNO3. The number of hydrogen-bond acceptors (Lipinski definition) is 3. The number of carboxylic acids is 1. The van der Waals surface area contributed by atoms with Gasteiger partial charge in [-0.1, -0.05) is 15.9 Å². The van der Waals surface area contributed by atoms with E-state index in [1.807, 2.05) is 13.1 Å². The molecule has 1 heterocycles. The maximum absolute atomic E-state index is 11.1. The summed E-state index contributed by atoms with van der Waals surface area (Å²) in [5.41, 5.74) is 1.22. The van der Waals surface area contributed by atoms with Crippen LogP contribution < -0.4 is 4.90 Å². The van der Waals surface area contributed by atoms with Gasteiger partial charge in [-0.15, -0.1) is 0 Å². The van der Waals surface area contributed by atoms with Crippen LogP contribution in [0.25, 0.3) is 0 Å². The summed E-state index contributed by atoms with van der Waals surface area (Å²) in [4.78, 5) is 13.2. The minimum absolute atomic E-state index is 0.302. The Hall–Kier alpha value is -1.07. The summed E-state index contributed by atoms with van der Waals surface area (Å²) in [5, 5.41) is 9.08. The summed E-state index contributed by atoms with van der Waals surface area (Å²) in [5.74, 6) is -0.386. The molecule has 4 nitrogen and oxygen atoms in total. The number of rotatable bonds is 4. The van der Waals surface area contributed by atoms with Crippen molar-refractivity contribution >= 4 is 27.6 Å². The molecule has 1 N–H and O–H groups in total. The predicted molar refractivity (Wildman–Crippen MR) is 77.9 cm³/mol. The average molecular weight is 328 g/mol. The van der Waals surface area contributed by atoms with Gasteiger partial charge in [-0.2, -0.15) is 0 Å². The molecule has 19 heavy (non-hydrogen) atoms. The molecule has 2 rings (SSSR count). The Labute approximate surface area is 121 Å². The highest BCUT2D eigenvalue weighted by Gasteiger charge is 2.17. The lowest BCUT2D eigenvalue weighted by atomic mass is 10.0. The van der Waals surface area contributed by atoms with Crippen LogP contribution in [-0.4, -0.2) is 37.9 Å². The second-order valence-corrected chi connectivity index (χ2v) is 5.88. The molecule has 104 valence electrons. The molecule has 0 amide bonds. The van der Waals surface area contributed by atoms with Gasteiger partial charge < -0.3 is 14.7 Å². The number of ether oxygens (including phenoxy) is 1. The van der Waals surface area contributed by atoms with E-state index >= 15 is 0 Å². The van der Waals surface area contributed by atoms with Gasteiger partial charge in [0.15, 0.2) is 0 Å². The molecule has 1 aromatic carbocycles. The van der Waals surface area contributed by atoms with Crippen LogP contribution >= 0.6 is 15.9 Å². The molecule has 1 aliphatic heterocycles. The number of anilines is 1. The summed E-state index contributed by atoms with van der Waals surface area (Å²) in [6.45, 7) is 2.54. The van der Waals surface area contributed by atoms with Crippen LogP contribution in [-0.2, 0) is 4.74 Å². The molecule has 0 bridgehead atoms. The van der Waals surface area contributed by atoms with E-state index in [4.69, 9.17) is 9.84 Å². The van der Waals surface area contributed by atoms with Gasteiger partial charge in [0.2, 0.25) is 0 Å². The van der Waals surface area contributed by atoms with E-state index in [1.165, 1.54) is 6.42 Å². The zero-order valence-electron chi connectivity index (χ0n) is 10.9. The molecule has 0 aliphatic carbocycles. The third kappa shape index (κ3) is 3.94. The number of hydrogen-bond donors (Lipinski definition) is 1. The van der Waals surface area contributed by atoms with Crippen molar-refractivity contribution in [3.8, 4) is 0 Å². The molecule has 0 saturated carbocycles. The third-order valence-electron chi connectivity index (χ3n) is 3.36. The first-order valence-corrected chi connectivity index (χ1v) is 7.18. The zero-order chi connectivity index (χ0) is 13.8. The quantitative estimate of drug-likeness (QED) is 0.923. The Bertz CT molecular complexity index is 458. The third-order valence-corrected chi connectivity index (χ3v) is 3.81. The van der Waals surface area contributed by atoms with Gasteiger partial charge >= 0.3 is 5.97 Å². The fourth-order valence-electron chi connectivity index (χ4n) is 2.36. The SMILES string of the molecule is CN(CC1CCCOC1)c1cc(Br)cc(C(=O)O)c1. The van der Waals surface area contributed by atoms with Crippen molar-refractivity contribution in [2.24, 2.45) is 5.92 Å². The highest BCUT2D eigenvalue weighted by Crippen LogP contribution is 2.24. The van der Waals surface area contributed by atoms with Crippen LogP contribution in [0, 0.1) is 5.92 Å². The maximum Gasteiger partial charge on any atom is 0.335 e. The lowest BCUT2D eigenvalue weighted by molar-refractivity contribution is 0.0576. The Kier molecular flexibility index (Phi) is 4.82. The summed E-state index contributed by atoms with van der Waals surface area (Å²) < 4.78 is 6.26. The molecular weight excluding hydrogens is 310 g/mol. The highest BCUT2D eigenvalue weighted by atomic mass is 79.9. The Morgan fingerprint density at radius 1 is 1.53 bits per heavy atom. The molecule has 5 heteroatoms. The largest absolute Gasteiger partial charge is 0.478 e. The van der Waals surface area contributed by atoms with Crippen molar-refractivity contribution < 1.29 is 14.6 Å². The van der Waals surface area contributed by atoms with E-state index < -0.39 is 5.97 Å². The van der Waals surface area contributed by atoms with Gasteiger partial charge in [-0.05, 0) is 37.0 Å². The smallest absolute Gasteiger partial charge is 0.335 e. The molecule has 0 spiro atoms. The molecule has 1 aromatic rings. The second kappa shape index (κ2) is 6.39. The minimum Gasteiger partial charge on any atom is -0.478 e. The summed E-state index contributed by atoms with van der Waals surface area (Å²) >= 11 is 3.36. The number of halogens is 1. The lowest BCUT2D eigenvalue weighted by Crippen LogP contribution is -2.30. The van der Waals surface area contributed by atoms with Crippen molar-refractivity contribution in [1.29, 1.82) is 0 Å². The molecule has 0 radical (unpaired) electrons. The summed E-state index contributed by atoms with van der Waals surface area (Å²) in [6.07, 6.45) is 2.28. The first kappa shape index (κ1) is 14.3. The van der Waals surface area contributed by atoms with Gasteiger partial charge in [-0.25, -0.2) is 4.79 Å². The van der Waals surface area contributed by atoms with E-state index in [9.17, 15) is 4.79 Å². The van der Waals surface area contributed by atoms with Crippen molar-refractivity contribution in [2.45, 2.75) is 12.8 Å². The first-order chi connectivity index (χ1) is 9.06. The highest BCUT2D eigenvalue weighted by molar-refractivity contribution is 9.10. The average Bonchev–Trinajstić information content (AvgIpc) is 2.39. The van der Waals surface area contributed by atoms with Crippen LogP contribution in [0.3, 0.4) is 0 Å². The summed E-state index contributed by atoms with van der Waals surface area (Å²) in [6, 6.07) is 5.26. The molecule has 1 fully saturated rings. The number of carboxylic acid groups (broad SMARTS) is 1. The molecule has 0 aromatic heterocycles. The Balaban J connectivity index is 2.09. The number of aromatic carboxylic acids is 1. The summed E-state index contributed by atoms with van der Waals surface area (Å²) in [7, 11) is 1.99. The van der Waals surface area contributed by atoms with Gasteiger partial charge in [-0.3, -0.25) is 0 Å². The van der Waals surface area contributed by atoms with E-state index in [2.05, 4.69) is 20.8 Å². The van der Waals surface area contributed by atoms with Crippen LogP contribution in [0.15, 0.2) is 22.7 Å². The van der Waals surface area contributed by atoms with Crippen molar-refractivity contribution in [3.63, 3.8) is 0 Å². The second-order valence-electron chi connectivity index (χ2n) is 4.97. The maximum atomic E-state index is 11.1. The first-order valence-electron chi connectivity index (χ1n) is 6.39. The van der Waals surface area contributed by atoms with E-state index in [0.29, 0.717) is 11.5 Å². The van der Waals surface area contributed by atoms with Gasteiger partial charge in [0.1, 0.15) is 0 Å². The van der Waals surface area contributed by atoms with Crippen molar-refractivity contribution in [1.82, 2.24) is 0 Å². The monoisotopic (exact) mass is 327 g/mol. The van der Waals surface area contributed by atoms with E-state index in [-0.39, 0.29) is 0 Å². The zero-order valence-corrected chi connectivity index (χ0v) is 12.5. The fraction of sp³-hybridized carbons (Fsp3) is 0.500. The number of nitrogens with zero attached hydrogens (tertiary/aromatic N) is 1. The number of carbonyl (C=O) groups is 1. The molecule has 1 unspecified atom stereocenters. The topological polar surface area (TPSA) is 49.8 Å². The van der Waals surface area contributed by atoms with Gasteiger partial charge in [0.05, 0.1) is 12.2 Å². The minimum atomic E-state index is -0.906. The molecule has 1 aliphatic rings. The van der Waals surface area contributed by atoms with Crippen molar-refractivity contribution in [3.05, 3.63) is 28.2 Å². The van der Waals surface area contributed by atoms with Gasteiger partial charge in [0, 0.05) is 30.4 Å². The lowest BCUT2D eigenvalue weighted by Gasteiger charge is -2.28. The standard InChI is InChI=1S/C14H18BrNO3/c1-16(8-10-3-2-4-19-9-10)13-6-11(14(17)18)5-12(15)7-13/h5-7,10H,2-4,8-9H2,1H3,(H,17,18). The van der Waals surface area contributed by atoms with Crippen LogP contribution in [0.4, 0.5) is 5.69 Å². The molecule has 1 atom stereocenters. The van der Waals surface area contributed by atoms with Gasteiger partial charge in [0.25, 0.3) is 0 Å².